The molecule has 0 spiro atoms. The van der Waals surface area contributed by atoms with Crippen molar-refractivity contribution in [2.75, 3.05) is 0 Å². The summed E-state index contributed by atoms with van der Waals surface area (Å²) in [6, 6.07) is 11.3. The zero-order valence-corrected chi connectivity index (χ0v) is 11.5. The van der Waals surface area contributed by atoms with Gasteiger partial charge in [0.25, 0.3) is 0 Å². The van der Waals surface area contributed by atoms with Crippen molar-refractivity contribution in [1.29, 1.82) is 0 Å². The predicted octanol–water partition coefficient (Wildman–Crippen LogP) is 3.15. The minimum Gasteiger partial charge on any atom is -0.366 e. The van der Waals surface area contributed by atoms with Crippen LogP contribution in [0.4, 0.5) is 0 Å². The number of primary amides is 1. The molecule has 1 aromatic carbocycles. The van der Waals surface area contributed by atoms with E-state index in [1.165, 1.54) is 0 Å². The molecular formula is C16H18N2O. The van der Waals surface area contributed by atoms with Crippen molar-refractivity contribution >= 4 is 5.91 Å². The van der Waals surface area contributed by atoms with Crippen LogP contribution in [0.15, 0.2) is 42.6 Å². The summed E-state index contributed by atoms with van der Waals surface area (Å²) < 4.78 is 0. The van der Waals surface area contributed by atoms with Gasteiger partial charge in [-0.2, -0.15) is 0 Å². The van der Waals surface area contributed by atoms with Crippen LogP contribution in [-0.2, 0) is 5.41 Å². The van der Waals surface area contributed by atoms with Crippen LogP contribution in [0.2, 0.25) is 0 Å². The van der Waals surface area contributed by atoms with Crippen LogP contribution >= 0.6 is 0 Å². The van der Waals surface area contributed by atoms with Crippen molar-refractivity contribution in [3.05, 3.63) is 53.9 Å². The number of aromatic nitrogens is 1. The van der Waals surface area contributed by atoms with Gasteiger partial charge in [0.05, 0.1) is 0 Å². The highest BCUT2D eigenvalue weighted by Gasteiger charge is 2.15. The number of nitrogens with zero attached hydrogens (tertiary/aromatic N) is 1. The number of amides is 1. The number of carbonyl (C=O) groups is 1. The first-order chi connectivity index (χ1) is 8.88. The molecule has 2 N–H and O–H groups in total. The van der Waals surface area contributed by atoms with Crippen LogP contribution in [0, 0.1) is 0 Å². The lowest BCUT2D eigenvalue weighted by Gasteiger charge is -2.17. The Balaban J connectivity index is 2.37. The third-order valence-corrected chi connectivity index (χ3v) is 3.01. The average molecular weight is 254 g/mol. The van der Waals surface area contributed by atoms with Gasteiger partial charge in [-0.05, 0) is 23.8 Å². The van der Waals surface area contributed by atoms with Crippen LogP contribution in [-0.4, -0.2) is 10.9 Å². The van der Waals surface area contributed by atoms with Gasteiger partial charge in [0, 0.05) is 28.4 Å². The molecule has 19 heavy (non-hydrogen) atoms. The second-order valence-electron chi connectivity index (χ2n) is 5.63. The van der Waals surface area contributed by atoms with Crippen LogP contribution in [0.1, 0.15) is 36.8 Å². The molecule has 1 aromatic heterocycles. The summed E-state index contributed by atoms with van der Waals surface area (Å²) in [5.74, 6) is -0.416. The first kappa shape index (κ1) is 13.3. The molecular weight excluding hydrogens is 236 g/mol. The summed E-state index contributed by atoms with van der Waals surface area (Å²) >= 11 is 0. The fourth-order valence-electron chi connectivity index (χ4n) is 1.86. The zero-order chi connectivity index (χ0) is 14.0. The molecule has 98 valence electrons. The highest BCUT2D eigenvalue weighted by Crippen LogP contribution is 2.24. The summed E-state index contributed by atoms with van der Waals surface area (Å²) in [5.41, 5.74) is 8.81. The lowest BCUT2D eigenvalue weighted by Crippen LogP contribution is -2.13. The molecule has 0 aliphatic carbocycles. The Morgan fingerprint density at radius 1 is 1.11 bits per heavy atom. The number of nitrogens with two attached hydrogens (primary N) is 1. The standard InChI is InChI=1S/C16H18N2O/c1-16(2,3)14-8-7-13(10-18-14)11-5-4-6-12(9-11)15(17)19/h4-10H,1-3H3,(H2,17,19). The maximum absolute atomic E-state index is 11.2. The normalized spacial score (nSPS) is 11.3. The maximum atomic E-state index is 11.2. The average Bonchev–Trinajstić information content (AvgIpc) is 2.38. The largest absolute Gasteiger partial charge is 0.366 e. The number of benzene rings is 1. The quantitative estimate of drug-likeness (QED) is 0.895. The van der Waals surface area contributed by atoms with E-state index in [0.717, 1.165) is 16.8 Å². The number of carbonyl (C=O) groups excluding carboxylic acids is 1. The van der Waals surface area contributed by atoms with Gasteiger partial charge in [0.15, 0.2) is 0 Å². The molecule has 1 heterocycles. The Morgan fingerprint density at radius 2 is 1.84 bits per heavy atom. The third kappa shape index (κ3) is 2.99. The molecule has 3 heteroatoms. The van der Waals surface area contributed by atoms with E-state index < -0.39 is 5.91 Å². The number of pyridine rings is 1. The summed E-state index contributed by atoms with van der Waals surface area (Å²) in [5, 5.41) is 0. The van der Waals surface area contributed by atoms with E-state index in [4.69, 9.17) is 5.73 Å². The van der Waals surface area contributed by atoms with E-state index in [0.29, 0.717) is 5.56 Å². The molecule has 0 bridgehead atoms. The summed E-state index contributed by atoms with van der Waals surface area (Å²) in [6.07, 6.45) is 1.83. The maximum Gasteiger partial charge on any atom is 0.248 e. The van der Waals surface area contributed by atoms with E-state index in [1.54, 1.807) is 12.1 Å². The molecule has 0 radical (unpaired) electrons. The molecule has 0 aliphatic rings. The first-order valence-corrected chi connectivity index (χ1v) is 6.25. The lowest BCUT2D eigenvalue weighted by atomic mass is 9.91. The summed E-state index contributed by atoms with van der Waals surface area (Å²) in [6.45, 7) is 6.38. The fourth-order valence-corrected chi connectivity index (χ4v) is 1.86. The topological polar surface area (TPSA) is 56.0 Å². The van der Waals surface area contributed by atoms with Gasteiger partial charge in [0.1, 0.15) is 0 Å². The Kier molecular flexibility index (Phi) is 3.38. The van der Waals surface area contributed by atoms with E-state index in [2.05, 4.69) is 25.8 Å². The monoisotopic (exact) mass is 254 g/mol. The molecule has 0 fully saturated rings. The molecule has 0 aliphatic heterocycles. The molecule has 2 aromatic rings. The summed E-state index contributed by atoms with van der Waals surface area (Å²) in [7, 11) is 0. The fraction of sp³-hybridized carbons (Fsp3) is 0.250. The van der Waals surface area contributed by atoms with Crippen molar-refractivity contribution in [2.24, 2.45) is 5.73 Å². The van der Waals surface area contributed by atoms with Gasteiger partial charge >= 0.3 is 0 Å². The SMILES string of the molecule is CC(C)(C)c1ccc(-c2cccc(C(N)=O)c2)cn1. The van der Waals surface area contributed by atoms with Crippen molar-refractivity contribution in [2.45, 2.75) is 26.2 Å². The Morgan fingerprint density at radius 3 is 2.37 bits per heavy atom. The van der Waals surface area contributed by atoms with Gasteiger partial charge < -0.3 is 5.73 Å². The van der Waals surface area contributed by atoms with Gasteiger partial charge in [-0.25, -0.2) is 0 Å². The first-order valence-electron chi connectivity index (χ1n) is 6.25. The van der Waals surface area contributed by atoms with Crippen molar-refractivity contribution in [1.82, 2.24) is 4.98 Å². The van der Waals surface area contributed by atoms with Crippen LogP contribution in [0.5, 0.6) is 0 Å². The summed E-state index contributed by atoms with van der Waals surface area (Å²) in [4.78, 5) is 15.7. The van der Waals surface area contributed by atoms with Crippen molar-refractivity contribution in [3.63, 3.8) is 0 Å². The smallest absolute Gasteiger partial charge is 0.248 e. The van der Waals surface area contributed by atoms with E-state index in [9.17, 15) is 4.79 Å². The second-order valence-corrected chi connectivity index (χ2v) is 5.63. The van der Waals surface area contributed by atoms with Gasteiger partial charge in [0.2, 0.25) is 5.91 Å². The Labute approximate surface area is 113 Å². The van der Waals surface area contributed by atoms with Gasteiger partial charge in [-0.3, -0.25) is 9.78 Å². The third-order valence-electron chi connectivity index (χ3n) is 3.01. The number of hydrogen-bond donors (Lipinski definition) is 1. The molecule has 0 atom stereocenters. The van der Waals surface area contributed by atoms with Crippen LogP contribution in [0.25, 0.3) is 11.1 Å². The van der Waals surface area contributed by atoms with Crippen LogP contribution < -0.4 is 5.73 Å². The van der Waals surface area contributed by atoms with Gasteiger partial charge in [-0.1, -0.05) is 39.0 Å². The Bertz CT molecular complexity index is 595. The highest BCUT2D eigenvalue weighted by molar-refractivity contribution is 5.94. The minimum atomic E-state index is -0.416. The number of rotatable bonds is 2. The highest BCUT2D eigenvalue weighted by atomic mass is 16.1. The van der Waals surface area contributed by atoms with Crippen molar-refractivity contribution in [3.8, 4) is 11.1 Å². The van der Waals surface area contributed by atoms with E-state index >= 15 is 0 Å². The zero-order valence-electron chi connectivity index (χ0n) is 11.5. The van der Waals surface area contributed by atoms with Crippen LogP contribution in [0.3, 0.4) is 0 Å². The molecule has 0 saturated carbocycles. The van der Waals surface area contributed by atoms with Crippen molar-refractivity contribution < 1.29 is 4.79 Å². The van der Waals surface area contributed by atoms with E-state index in [1.807, 2.05) is 30.5 Å². The molecule has 3 nitrogen and oxygen atoms in total. The molecule has 0 unspecified atom stereocenters. The molecule has 2 rings (SSSR count). The lowest BCUT2D eigenvalue weighted by molar-refractivity contribution is 0.100. The van der Waals surface area contributed by atoms with Gasteiger partial charge in [-0.15, -0.1) is 0 Å². The number of hydrogen-bond acceptors (Lipinski definition) is 2. The predicted molar refractivity (Wildman–Crippen MR) is 76.9 cm³/mol. The van der Waals surface area contributed by atoms with E-state index in [-0.39, 0.29) is 5.41 Å². The molecule has 1 amide bonds. The molecule has 0 saturated heterocycles. The second kappa shape index (κ2) is 4.84. The minimum absolute atomic E-state index is 0.0353. The Hall–Kier alpha value is -2.16.